The molecule has 0 aromatic heterocycles. The van der Waals surface area contributed by atoms with E-state index in [1.165, 1.54) is 44.5 Å². The molecule has 6 rings (SSSR count). The molecule has 54 heavy (non-hydrogen) atoms. The topological polar surface area (TPSA) is 0 Å². The molecule has 2 aliphatic carbocycles. The summed E-state index contributed by atoms with van der Waals surface area (Å²) < 4.78 is 14.2. The second-order valence-corrected chi connectivity index (χ2v) is 96.9. The fourth-order valence-electron chi connectivity index (χ4n) is 10.2. The Morgan fingerprint density at radius 3 is 1.04 bits per heavy atom. The van der Waals surface area contributed by atoms with Crippen molar-refractivity contribution < 1.29 is 15.1 Å². The van der Waals surface area contributed by atoms with E-state index in [1.54, 1.807) is 20.7 Å². The van der Waals surface area contributed by atoms with Crippen molar-refractivity contribution >= 4 is 69.5 Å². The van der Waals surface area contributed by atoms with Gasteiger partial charge < -0.3 is 0 Å². The number of rotatable bonds is 10. The first kappa shape index (κ1) is 41.6. The number of hydrogen-bond donors (Lipinski definition) is 0. The maximum absolute atomic E-state index is 5.87. The third-order valence-corrected chi connectivity index (χ3v) is 71.9. The zero-order valence-electron chi connectivity index (χ0n) is 37.0. The van der Waals surface area contributed by atoms with E-state index in [2.05, 4.69) is 199 Å². The number of hydrogen-bond acceptors (Lipinski definition) is 0. The third kappa shape index (κ3) is 6.48. The van der Waals surface area contributed by atoms with Gasteiger partial charge in [-0.2, -0.15) is 0 Å². The van der Waals surface area contributed by atoms with Crippen LogP contribution in [0, 0.1) is 0 Å². The van der Waals surface area contributed by atoms with Crippen molar-refractivity contribution in [3.8, 4) is 22.3 Å². The van der Waals surface area contributed by atoms with E-state index < -0.39 is 47.4 Å². The molecule has 4 aromatic carbocycles. The molecule has 0 bridgehead atoms. The minimum absolute atomic E-state index is 0.300. The normalized spacial score (nSPS) is 19.5. The predicted molar refractivity (Wildman–Crippen MR) is 259 cm³/mol. The molecule has 0 aliphatic heterocycles. The number of allylic oxidation sites excluding steroid dienone is 2. The molecule has 0 saturated heterocycles. The van der Waals surface area contributed by atoms with E-state index in [1.807, 2.05) is 0 Å². The van der Waals surface area contributed by atoms with Gasteiger partial charge in [-0.25, -0.2) is 0 Å². The summed E-state index contributed by atoms with van der Waals surface area (Å²) in [4.78, 5) is 0. The minimum atomic E-state index is -5.31. The quantitative estimate of drug-likeness (QED) is 0.139. The van der Waals surface area contributed by atoms with Crippen LogP contribution in [0.25, 0.3) is 34.4 Å². The van der Waals surface area contributed by atoms with Crippen molar-refractivity contribution in [2.75, 3.05) is 0 Å². The van der Waals surface area contributed by atoms with Crippen LogP contribution >= 0.6 is 0 Å². The van der Waals surface area contributed by atoms with Gasteiger partial charge in [0.1, 0.15) is 0 Å². The Hall–Kier alpha value is -2.03. The Labute approximate surface area is 328 Å². The molecular weight excluding hydrogens is 879 g/mol. The van der Waals surface area contributed by atoms with Crippen LogP contribution in [0.5, 0.6) is 0 Å². The fourth-order valence-corrected chi connectivity index (χ4v) is 44.2. The van der Waals surface area contributed by atoms with Crippen molar-refractivity contribution in [1.82, 2.24) is 0 Å². The van der Waals surface area contributed by atoms with Gasteiger partial charge in [0.2, 0.25) is 0 Å². The molecule has 2 unspecified atom stereocenters. The Morgan fingerprint density at radius 1 is 0.481 bits per heavy atom. The molecule has 0 fully saturated rings. The van der Waals surface area contributed by atoms with Gasteiger partial charge >= 0.3 is 331 Å². The summed E-state index contributed by atoms with van der Waals surface area (Å²) in [6.07, 6.45) is 10.3. The van der Waals surface area contributed by atoms with E-state index in [0.717, 1.165) is 8.35 Å². The van der Waals surface area contributed by atoms with E-state index >= 15 is 0 Å². The van der Waals surface area contributed by atoms with Crippen LogP contribution in [0.2, 0.25) is 96.3 Å². The van der Waals surface area contributed by atoms with Gasteiger partial charge in [-0.15, -0.1) is 0 Å². The zero-order chi connectivity index (χ0) is 40.2. The number of benzene rings is 4. The van der Waals surface area contributed by atoms with Crippen LogP contribution in [-0.4, -0.2) is 36.6 Å². The van der Waals surface area contributed by atoms with Crippen molar-refractivity contribution in [1.29, 1.82) is 0 Å². The molecule has 5 heteroatoms. The van der Waals surface area contributed by atoms with Gasteiger partial charge in [0.25, 0.3) is 0 Å². The second-order valence-electron chi connectivity index (χ2n) is 24.5. The van der Waals surface area contributed by atoms with Crippen molar-refractivity contribution in [2.24, 2.45) is 0 Å². The van der Waals surface area contributed by atoms with Gasteiger partial charge in [0, 0.05) is 0 Å². The molecule has 2 atom stereocenters. The summed E-state index contributed by atoms with van der Waals surface area (Å²) in [5.74, 6) is 0. The predicted octanol–water partition coefficient (Wildman–Crippen LogP) is 13.2. The SMILES string of the molecule is [CH2]=[Hf]([CH3])([CH3])([CH2]C)([CH2]C)([CH]1C=Cc2c(-c3cc([Si](C)(C)C)cc([Si](C)(C)C)c3)cccc21)[CH]1C=Cc2c(-c3cc([Si](C)(C)C)cc([Si](C)(C)C)c3)cccc21. The van der Waals surface area contributed by atoms with E-state index in [4.69, 9.17) is 4.26 Å². The average molecular weight is 952 g/mol. The van der Waals surface area contributed by atoms with Crippen LogP contribution in [0.1, 0.15) is 43.5 Å². The van der Waals surface area contributed by atoms with Crippen LogP contribution in [0.15, 0.2) is 84.9 Å². The van der Waals surface area contributed by atoms with Gasteiger partial charge in [0.05, 0.1) is 0 Å². The van der Waals surface area contributed by atoms with E-state index in [9.17, 15) is 0 Å². The first-order valence-corrected chi connectivity index (χ1v) is 53.9. The Kier molecular flexibility index (Phi) is 9.25. The monoisotopic (exact) mass is 952 g/mol. The summed E-state index contributed by atoms with van der Waals surface area (Å²) >= 11 is -5.31. The summed E-state index contributed by atoms with van der Waals surface area (Å²) in [6.45, 7) is 35.0. The Morgan fingerprint density at radius 2 is 0.778 bits per heavy atom. The van der Waals surface area contributed by atoms with Crippen LogP contribution < -0.4 is 20.7 Å². The fraction of sp³-hybridized carbons (Fsp3) is 0.408. The average Bonchev–Trinajstić information content (AvgIpc) is 3.74. The van der Waals surface area contributed by atoms with Crippen molar-refractivity contribution in [3.05, 3.63) is 107 Å². The Bertz CT molecular complexity index is 2160. The second kappa shape index (κ2) is 12.0. The maximum atomic E-state index is 5.87. The summed E-state index contributed by atoms with van der Waals surface area (Å²) in [5, 5.41) is 6.30. The van der Waals surface area contributed by atoms with Crippen molar-refractivity contribution in [2.45, 2.75) is 117 Å². The van der Waals surface area contributed by atoms with E-state index in [-0.39, 0.29) is 0 Å². The van der Waals surface area contributed by atoms with Gasteiger partial charge in [-0.3, -0.25) is 0 Å². The molecule has 0 amide bonds. The van der Waals surface area contributed by atoms with Crippen LogP contribution in [-0.2, 0) is 15.1 Å². The Balaban J connectivity index is 1.57. The summed E-state index contributed by atoms with van der Waals surface area (Å²) in [5.41, 5.74) is 11.5. The first-order valence-electron chi connectivity index (χ1n) is 21.0. The zero-order valence-corrected chi connectivity index (χ0v) is 44.6. The molecular formula is C49H72HfSi4. The van der Waals surface area contributed by atoms with Crippen LogP contribution in [0.3, 0.4) is 0 Å². The summed E-state index contributed by atoms with van der Waals surface area (Å²) in [6, 6.07) is 29.8. The molecule has 0 nitrogen and oxygen atoms in total. The molecule has 2 aliphatic rings. The molecule has 0 spiro atoms. The van der Waals surface area contributed by atoms with E-state index in [0.29, 0.717) is 7.35 Å². The van der Waals surface area contributed by atoms with Gasteiger partial charge in [0.15, 0.2) is 0 Å². The van der Waals surface area contributed by atoms with Gasteiger partial charge in [-0.1, -0.05) is 0 Å². The third-order valence-electron chi connectivity index (χ3n) is 16.0. The molecule has 0 N–H and O–H groups in total. The van der Waals surface area contributed by atoms with Gasteiger partial charge in [-0.05, 0) is 0 Å². The summed E-state index contributed by atoms with van der Waals surface area (Å²) in [7, 11) is -6.12. The standard InChI is InChI=1S/2C21H27Si2.2C2H5.2CH3.CH2.Hf/c2*1-22(2,3)18-13-17(14-19(15-18)23(4,5)6)21-12-8-10-16-9-7-11-20(16)21;2*1-2;;;;/h2*7-15H,1-6H3;2*1H2,2H3;2*1H3;1H2;. The molecule has 0 heterocycles. The first-order chi connectivity index (χ1) is 24.5. The molecule has 4 aromatic rings. The van der Waals surface area contributed by atoms with Crippen LogP contribution in [0.4, 0.5) is 0 Å². The molecule has 0 saturated carbocycles. The number of fused-ring (bicyclic) bond motifs is 2. The molecule has 0 radical (unpaired) electrons. The molecule has 288 valence electrons. The van der Waals surface area contributed by atoms with Crippen molar-refractivity contribution in [3.63, 3.8) is 0 Å².